The van der Waals surface area contributed by atoms with Gasteiger partial charge in [0.25, 0.3) is 0 Å². The summed E-state index contributed by atoms with van der Waals surface area (Å²) >= 11 is 0. The van der Waals surface area contributed by atoms with E-state index in [1.807, 2.05) is 10.8 Å². The largest absolute Gasteiger partial charge is 0.315 e. The molecule has 0 aromatic rings. The zero-order chi connectivity index (χ0) is 5.82. The van der Waals surface area contributed by atoms with E-state index in [4.69, 9.17) is 0 Å². The fourth-order valence-corrected chi connectivity index (χ4v) is 3.26. The molecule has 0 spiro atoms. The highest BCUT2D eigenvalue weighted by atomic mass is 33.1. The Morgan fingerprint density at radius 3 is 3.12 bits per heavy atom. The molecule has 1 aliphatic heterocycles. The molecular weight excluding hydrogens is 139 g/mol. The number of hydrogen-bond donors (Lipinski definition) is 0. The van der Waals surface area contributed by atoms with Crippen molar-refractivity contribution in [2.24, 2.45) is 0 Å². The zero-order valence-corrected chi connectivity index (χ0v) is 6.00. The second-order valence-electron chi connectivity index (χ2n) is 1.57. The maximum Gasteiger partial charge on any atom is 0.214 e. The van der Waals surface area contributed by atoms with Crippen molar-refractivity contribution in [1.29, 1.82) is 0 Å². The van der Waals surface area contributed by atoms with Crippen molar-refractivity contribution in [3.05, 3.63) is 0 Å². The van der Waals surface area contributed by atoms with E-state index >= 15 is 0 Å². The first-order valence-corrected chi connectivity index (χ1v) is 4.88. The van der Waals surface area contributed by atoms with E-state index in [0.717, 1.165) is 12.6 Å². The highest BCUT2D eigenvalue weighted by Gasteiger charge is 2.16. The second kappa shape index (κ2) is 3.46. The molecule has 1 atom stereocenters. The lowest BCUT2D eigenvalue weighted by molar-refractivity contribution is 0.568. The third-order valence-electron chi connectivity index (χ3n) is 0.971. The smallest absolute Gasteiger partial charge is 0.214 e. The topological polar surface area (TPSA) is 17.1 Å². The van der Waals surface area contributed by atoms with Gasteiger partial charge in [0.2, 0.25) is 7.28 Å². The fourth-order valence-electron chi connectivity index (χ4n) is 0.564. The Kier molecular flexibility index (Phi) is 2.83. The second-order valence-corrected chi connectivity index (χ2v) is 4.30. The number of carbonyl (C=O) groups excluding carboxylic acids is 1. The molecule has 0 aromatic carbocycles. The molecule has 4 heteroatoms. The average molecular weight is 145 g/mol. The summed E-state index contributed by atoms with van der Waals surface area (Å²) < 4.78 is 0. The van der Waals surface area contributed by atoms with Gasteiger partial charge < -0.3 is 4.79 Å². The van der Waals surface area contributed by atoms with E-state index in [9.17, 15) is 4.79 Å². The van der Waals surface area contributed by atoms with Crippen LogP contribution in [0.4, 0.5) is 0 Å². The molecule has 0 aromatic heterocycles. The Hall–Kier alpha value is 0.435. The fraction of sp³-hybridized carbons (Fsp3) is 0.750. The molecule has 1 radical (unpaired) electrons. The van der Waals surface area contributed by atoms with Crippen LogP contribution < -0.4 is 0 Å². The van der Waals surface area contributed by atoms with Crippen LogP contribution in [-0.2, 0) is 4.79 Å². The monoisotopic (exact) mass is 145 g/mol. The van der Waals surface area contributed by atoms with Crippen LogP contribution >= 0.6 is 21.6 Å². The molecular formula is C4H6BOS2. The third-order valence-corrected chi connectivity index (χ3v) is 3.80. The van der Waals surface area contributed by atoms with Gasteiger partial charge in [0.1, 0.15) is 0 Å². The van der Waals surface area contributed by atoms with E-state index in [2.05, 4.69) is 0 Å². The van der Waals surface area contributed by atoms with Crippen LogP contribution in [0.1, 0.15) is 6.42 Å². The van der Waals surface area contributed by atoms with Gasteiger partial charge in [0.15, 0.2) is 0 Å². The standard InChI is InChI=1S/C4H6BOS2/c6-3-5-4-1-2-7-8-4/h3-4H,1-2H2. The molecule has 1 aliphatic rings. The van der Waals surface area contributed by atoms with Gasteiger partial charge >= 0.3 is 0 Å². The molecule has 0 N–H and O–H groups in total. The first-order chi connectivity index (χ1) is 3.93. The van der Waals surface area contributed by atoms with Gasteiger partial charge in [-0.15, -0.1) is 0 Å². The maximum atomic E-state index is 9.88. The summed E-state index contributed by atoms with van der Waals surface area (Å²) in [4.78, 5) is 9.88. The average Bonchev–Trinajstić information content (AvgIpc) is 2.19. The van der Waals surface area contributed by atoms with Crippen molar-refractivity contribution >= 4 is 35.1 Å². The van der Waals surface area contributed by atoms with Crippen LogP contribution in [-0.4, -0.2) is 24.4 Å². The van der Waals surface area contributed by atoms with Gasteiger partial charge in [-0.3, -0.25) is 0 Å². The first kappa shape index (κ1) is 6.55. The van der Waals surface area contributed by atoms with Crippen molar-refractivity contribution in [2.75, 3.05) is 5.75 Å². The SMILES string of the molecule is O=C[B]C1CCSS1. The highest BCUT2D eigenvalue weighted by Crippen LogP contribution is 2.36. The molecule has 1 rings (SSSR count). The third kappa shape index (κ3) is 1.75. The van der Waals surface area contributed by atoms with Crippen LogP contribution in [0, 0.1) is 0 Å². The van der Waals surface area contributed by atoms with Crippen LogP contribution in [0.15, 0.2) is 0 Å². The van der Waals surface area contributed by atoms with Gasteiger partial charge in [-0.2, -0.15) is 0 Å². The molecule has 43 valence electrons. The van der Waals surface area contributed by atoms with Crippen LogP contribution in [0.3, 0.4) is 0 Å². The van der Waals surface area contributed by atoms with Gasteiger partial charge in [-0.05, 0) is 11.6 Å². The first-order valence-electron chi connectivity index (χ1n) is 2.50. The van der Waals surface area contributed by atoms with Gasteiger partial charge in [-0.25, -0.2) is 0 Å². The summed E-state index contributed by atoms with van der Waals surface area (Å²) in [6.45, 7) is 0. The zero-order valence-electron chi connectivity index (χ0n) is 4.37. The summed E-state index contributed by atoms with van der Waals surface area (Å²) in [6.07, 6.45) is 2.05. The van der Waals surface area contributed by atoms with Gasteiger partial charge in [0, 0.05) is 5.75 Å². The Morgan fingerprint density at radius 1 is 1.75 bits per heavy atom. The molecule has 1 fully saturated rings. The Labute approximate surface area is 57.6 Å². The predicted molar refractivity (Wildman–Crippen MR) is 41.0 cm³/mol. The molecule has 0 amide bonds. The van der Waals surface area contributed by atoms with Crippen molar-refractivity contribution in [1.82, 2.24) is 0 Å². The Bertz CT molecular complexity index is 82.1. The van der Waals surface area contributed by atoms with E-state index in [1.54, 1.807) is 18.1 Å². The Balaban J connectivity index is 2.14. The maximum absolute atomic E-state index is 9.88. The Morgan fingerprint density at radius 2 is 2.62 bits per heavy atom. The van der Waals surface area contributed by atoms with Crippen LogP contribution in [0.5, 0.6) is 0 Å². The molecule has 0 saturated carbocycles. The summed E-state index contributed by atoms with van der Waals surface area (Å²) in [5, 5.41) is 0.498. The normalized spacial score (nSPS) is 27.8. The van der Waals surface area contributed by atoms with E-state index in [1.165, 1.54) is 5.75 Å². The minimum atomic E-state index is 0.498. The summed E-state index contributed by atoms with van der Waals surface area (Å²) in [6, 6.07) is 0. The minimum absolute atomic E-state index is 0.498. The quantitative estimate of drug-likeness (QED) is 0.327. The van der Waals surface area contributed by atoms with Crippen molar-refractivity contribution in [3.63, 3.8) is 0 Å². The molecule has 1 nitrogen and oxygen atoms in total. The predicted octanol–water partition coefficient (Wildman–Crippen LogP) is 0.992. The van der Waals surface area contributed by atoms with Crippen LogP contribution in [0.2, 0.25) is 0 Å². The lowest BCUT2D eigenvalue weighted by Crippen LogP contribution is -2.09. The molecule has 8 heavy (non-hydrogen) atoms. The van der Waals surface area contributed by atoms with E-state index in [0.29, 0.717) is 5.15 Å². The lowest BCUT2D eigenvalue weighted by atomic mass is 9.75. The van der Waals surface area contributed by atoms with E-state index in [-0.39, 0.29) is 0 Å². The molecule has 0 bridgehead atoms. The highest BCUT2D eigenvalue weighted by molar-refractivity contribution is 8.77. The summed E-state index contributed by atoms with van der Waals surface area (Å²) in [5.74, 6) is 1.19. The van der Waals surface area contributed by atoms with Crippen LogP contribution in [0.25, 0.3) is 0 Å². The summed E-state index contributed by atoms with van der Waals surface area (Å²) in [5.41, 5.74) is 0. The molecule has 0 aliphatic carbocycles. The molecule has 1 unspecified atom stereocenters. The molecule has 1 heterocycles. The molecule has 1 saturated heterocycles. The minimum Gasteiger partial charge on any atom is -0.315 e. The number of carbonyl (C=O) groups is 1. The lowest BCUT2D eigenvalue weighted by Gasteiger charge is -1.95. The van der Waals surface area contributed by atoms with Crippen molar-refractivity contribution < 1.29 is 4.79 Å². The van der Waals surface area contributed by atoms with Gasteiger partial charge in [-0.1, -0.05) is 21.6 Å². The number of rotatable bonds is 2. The summed E-state index contributed by atoms with van der Waals surface area (Å²) in [7, 11) is 5.37. The van der Waals surface area contributed by atoms with Crippen molar-refractivity contribution in [2.45, 2.75) is 11.6 Å². The van der Waals surface area contributed by atoms with E-state index < -0.39 is 0 Å². The van der Waals surface area contributed by atoms with Crippen molar-refractivity contribution in [3.8, 4) is 0 Å². The van der Waals surface area contributed by atoms with Gasteiger partial charge in [0.05, 0.1) is 6.19 Å². The number of hydrogen-bond acceptors (Lipinski definition) is 3.